The number of nitrogens with two attached hydrogens (primary N) is 1. The third-order valence-corrected chi connectivity index (χ3v) is 7.90. The number of alkyl halides is 1. The Balaban J connectivity index is 1.35. The van der Waals surface area contributed by atoms with Crippen molar-refractivity contribution in [2.45, 2.75) is 75.5 Å². The largest absolute Gasteiger partial charge is 0.387 e. The number of primary amides is 1. The van der Waals surface area contributed by atoms with E-state index in [1.54, 1.807) is 11.0 Å². The van der Waals surface area contributed by atoms with Gasteiger partial charge < -0.3 is 15.7 Å². The van der Waals surface area contributed by atoms with Gasteiger partial charge in [-0.3, -0.25) is 14.5 Å². The highest BCUT2D eigenvalue weighted by molar-refractivity contribution is 5.92. The first-order valence-electron chi connectivity index (χ1n) is 12.1. The van der Waals surface area contributed by atoms with Gasteiger partial charge in [0.25, 0.3) is 0 Å². The molecular formula is C25H36FN3O3. The first kappa shape index (κ1) is 23.2. The minimum Gasteiger partial charge on any atom is -0.387 e. The predicted molar refractivity (Wildman–Crippen MR) is 121 cm³/mol. The lowest BCUT2D eigenvalue weighted by atomic mass is 9.84. The second kappa shape index (κ2) is 10.3. The summed E-state index contributed by atoms with van der Waals surface area (Å²) in [4.78, 5) is 28.3. The molecule has 2 amide bonds. The summed E-state index contributed by atoms with van der Waals surface area (Å²) in [7, 11) is 0. The van der Waals surface area contributed by atoms with Crippen LogP contribution >= 0.6 is 0 Å². The van der Waals surface area contributed by atoms with Crippen LogP contribution in [0, 0.1) is 5.92 Å². The Morgan fingerprint density at radius 3 is 2.41 bits per heavy atom. The normalized spacial score (nSPS) is 30.2. The number of hydrogen-bond donors (Lipinski definition) is 2. The zero-order valence-electron chi connectivity index (χ0n) is 18.8. The Morgan fingerprint density at radius 1 is 1.09 bits per heavy atom. The second-order valence-corrected chi connectivity index (χ2v) is 9.90. The van der Waals surface area contributed by atoms with Gasteiger partial charge in [0.1, 0.15) is 12.8 Å². The average Bonchev–Trinajstić information content (AvgIpc) is 3.03. The Hall–Kier alpha value is -1.99. The quantitative estimate of drug-likeness (QED) is 0.644. The minimum absolute atomic E-state index is 0.224. The average molecular weight is 446 g/mol. The molecule has 2 aliphatic heterocycles. The molecule has 3 atom stereocenters. The Morgan fingerprint density at radius 2 is 1.78 bits per heavy atom. The molecule has 176 valence electrons. The summed E-state index contributed by atoms with van der Waals surface area (Å²) < 4.78 is 13.5. The summed E-state index contributed by atoms with van der Waals surface area (Å²) in [6.45, 7) is 1.58. The summed E-state index contributed by atoms with van der Waals surface area (Å²) in [5.41, 5.74) is 7.22. The van der Waals surface area contributed by atoms with E-state index in [0.717, 1.165) is 45.1 Å². The molecule has 3 N–H and O–H groups in total. The second-order valence-electron chi connectivity index (χ2n) is 9.90. The molecule has 1 aliphatic carbocycles. The standard InChI is InChI=1S/C25H36FN3O3/c26-21-6-4-17(5-7-21)15-28(24(31)16-30)10-11-29-22-8-9-23(29)14-20(13-22)18-2-1-3-19(12-18)25(27)32/h1-3,12,17,20-23,30H,4-11,13-16H2,(H2,27,32)/t17?,20?,21?,22-,23+. The van der Waals surface area contributed by atoms with Gasteiger partial charge in [0.15, 0.2) is 0 Å². The molecule has 0 radical (unpaired) electrons. The van der Waals surface area contributed by atoms with Gasteiger partial charge in [-0.25, -0.2) is 4.39 Å². The van der Waals surface area contributed by atoms with Crippen LogP contribution < -0.4 is 5.73 Å². The van der Waals surface area contributed by atoms with Crippen molar-refractivity contribution in [3.63, 3.8) is 0 Å². The Kier molecular flexibility index (Phi) is 7.46. The molecule has 1 unspecified atom stereocenters. The topological polar surface area (TPSA) is 86.9 Å². The summed E-state index contributed by atoms with van der Waals surface area (Å²) in [6, 6.07) is 8.67. The number of piperidine rings is 1. The van der Waals surface area contributed by atoms with Crippen molar-refractivity contribution in [1.29, 1.82) is 0 Å². The lowest BCUT2D eigenvalue weighted by Crippen LogP contribution is -2.48. The van der Waals surface area contributed by atoms with Gasteiger partial charge in [-0.05, 0) is 80.9 Å². The van der Waals surface area contributed by atoms with Crippen LogP contribution in [0.15, 0.2) is 24.3 Å². The Labute approximate surface area is 189 Å². The number of aliphatic hydroxyl groups excluding tert-OH is 1. The van der Waals surface area contributed by atoms with E-state index in [9.17, 15) is 19.1 Å². The van der Waals surface area contributed by atoms with Crippen molar-refractivity contribution in [2.24, 2.45) is 11.7 Å². The third-order valence-electron chi connectivity index (χ3n) is 7.90. The summed E-state index contributed by atoms with van der Waals surface area (Å²) in [5, 5.41) is 9.45. The van der Waals surface area contributed by atoms with Gasteiger partial charge in [-0.2, -0.15) is 0 Å². The predicted octanol–water partition coefficient (Wildman–Crippen LogP) is 2.85. The molecule has 2 bridgehead atoms. The van der Waals surface area contributed by atoms with Gasteiger partial charge in [0.05, 0.1) is 0 Å². The SMILES string of the molecule is NC(=O)c1cccc(C2C[C@H]3CC[C@@H](C2)N3CCN(CC2CCC(F)CC2)C(=O)CO)c1. The van der Waals surface area contributed by atoms with Gasteiger partial charge in [-0.1, -0.05) is 12.1 Å². The molecule has 7 heteroatoms. The van der Waals surface area contributed by atoms with Crippen LogP contribution in [0.2, 0.25) is 0 Å². The van der Waals surface area contributed by atoms with Crippen LogP contribution in [0.25, 0.3) is 0 Å². The number of amides is 2. The van der Waals surface area contributed by atoms with Gasteiger partial charge in [0, 0.05) is 37.3 Å². The van der Waals surface area contributed by atoms with Crippen molar-refractivity contribution in [2.75, 3.05) is 26.2 Å². The number of halogens is 1. The maximum absolute atomic E-state index is 13.5. The van der Waals surface area contributed by atoms with E-state index in [0.29, 0.717) is 55.4 Å². The first-order valence-corrected chi connectivity index (χ1v) is 12.1. The highest BCUT2D eigenvalue weighted by atomic mass is 19.1. The number of nitrogens with zero attached hydrogens (tertiary/aromatic N) is 2. The molecule has 1 saturated carbocycles. The minimum atomic E-state index is -0.700. The van der Waals surface area contributed by atoms with Crippen LogP contribution in [0.3, 0.4) is 0 Å². The molecule has 0 spiro atoms. The fourth-order valence-corrected chi connectivity index (χ4v) is 6.13. The van der Waals surface area contributed by atoms with Crippen LogP contribution in [-0.4, -0.2) is 71.2 Å². The van der Waals surface area contributed by atoms with Gasteiger partial charge >= 0.3 is 0 Å². The summed E-state index contributed by atoms with van der Waals surface area (Å²) >= 11 is 0. The van der Waals surface area contributed by atoms with E-state index in [4.69, 9.17) is 5.73 Å². The number of fused-ring (bicyclic) bond motifs is 2. The highest BCUT2D eigenvalue weighted by Gasteiger charge is 2.41. The molecule has 1 aromatic rings. The van der Waals surface area contributed by atoms with Crippen LogP contribution in [0.5, 0.6) is 0 Å². The van der Waals surface area contributed by atoms with E-state index < -0.39 is 12.8 Å². The van der Waals surface area contributed by atoms with Crippen molar-refractivity contribution < 1.29 is 19.1 Å². The van der Waals surface area contributed by atoms with E-state index >= 15 is 0 Å². The number of hydrogen-bond acceptors (Lipinski definition) is 4. The number of rotatable bonds is 8. The zero-order valence-corrected chi connectivity index (χ0v) is 18.8. The molecule has 32 heavy (non-hydrogen) atoms. The number of carbonyl (C=O) groups is 2. The fraction of sp³-hybridized carbons (Fsp3) is 0.680. The Bertz CT molecular complexity index is 797. The zero-order chi connectivity index (χ0) is 22.7. The number of aliphatic hydroxyl groups is 1. The van der Waals surface area contributed by atoms with Gasteiger partial charge in [-0.15, -0.1) is 0 Å². The molecule has 2 heterocycles. The molecule has 6 nitrogen and oxygen atoms in total. The maximum atomic E-state index is 13.5. The van der Waals surface area contributed by atoms with E-state index in [-0.39, 0.29) is 11.8 Å². The van der Waals surface area contributed by atoms with Crippen LogP contribution in [0.4, 0.5) is 4.39 Å². The number of benzene rings is 1. The maximum Gasteiger partial charge on any atom is 0.248 e. The van der Waals surface area contributed by atoms with Crippen molar-refractivity contribution >= 4 is 11.8 Å². The lowest BCUT2D eigenvalue weighted by molar-refractivity contribution is -0.135. The molecule has 3 fully saturated rings. The smallest absolute Gasteiger partial charge is 0.248 e. The molecule has 2 saturated heterocycles. The molecular weight excluding hydrogens is 409 g/mol. The molecule has 0 aromatic heterocycles. The fourth-order valence-electron chi connectivity index (χ4n) is 6.13. The number of carbonyl (C=O) groups excluding carboxylic acids is 2. The third kappa shape index (κ3) is 5.31. The van der Waals surface area contributed by atoms with Crippen LogP contribution in [-0.2, 0) is 4.79 Å². The van der Waals surface area contributed by atoms with Crippen LogP contribution in [0.1, 0.15) is 73.2 Å². The molecule has 1 aromatic carbocycles. The first-order chi connectivity index (χ1) is 15.4. The summed E-state index contributed by atoms with van der Waals surface area (Å²) in [6.07, 6.45) is 6.51. The van der Waals surface area contributed by atoms with E-state index in [1.165, 1.54) is 5.56 Å². The van der Waals surface area contributed by atoms with Crippen molar-refractivity contribution in [3.05, 3.63) is 35.4 Å². The van der Waals surface area contributed by atoms with E-state index in [1.807, 2.05) is 12.1 Å². The monoisotopic (exact) mass is 445 g/mol. The summed E-state index contributed by atoms with van der Waals surface area (Å²) in [5.74, 6) is 0.144. The van der Waals surface area contributed by atoms with Crippen molar-refractivity contribution in [1.82, 2.24) is 9.80 Å². The lowest BCUT2D eigenvalue weighted by Gasteiger charge is -2.40. The molecule has 4 rings (SSSR count). The molecule has 3 aliphatic rings. The van der Waals surface area contributed by atoms with Gasteiger partial charge in [0.2, 0.25) is 11.8 Å². The van der Waals surface area contributed by atoms with E-state index in [2.05, 4.69) is 11.0 Å². The van der Waals surface area contributed by atoms with Crippen molar-refractivity contribution in [3.8, 4) is 0 Å². The highest BCUT2D eigenvalue weighted by Crippen LogP contribution is 2.43.